The Morgan fingerprint density at radius 3 is 2.00 bits per heavy atom. The highest BCUT2D eigenvalue weighted by Crippen LogP contribution is 2.63. The van der Waals surface area contributed by atoms with Gasteiger partial charge in [0.05, 0.1) is 17.0 Å². The summed E-state index contributed by atoms with van der Waals surface area (Å²) in [5.41, 5.74) is 18.2. The van der Waals surface area contributed by atoms with Crippen LogP contribution in [0.3, 0.4) is 0 Å². The molecule has 0 aromatic heterocycles. The van der Waals surface area contributed by atoms with Crippen LogP contribution in [-0.4, -0.2) is 11.7 Å². The lowest BCUT2D eigenvalue weighted by Crippen LogP contribution is -2.34. The summed E-state index contributed by atoms with van der Waals surface area (Å²) in [6.45, 7) is 0. The average molecular weight is 811 g/mol. The zero-order valence-corrected chi connectivity index (χ0v) is 34.5. The molecule has 0 fully saturated rings. The number of aliphatic imine (C=N–C) groups is 2. The van der Waals surface area contributed by atoms with E-state index < -0.39 is 5.41 Å². The van der Waals surface area contributed by atoms with Crippen molar-refractivity contribution in [3.63, 3.8) is 0 Å². The lowest BCUT2D eigenvalue weighted by Gasteiger charge is -2.39. The Morgan fingerprint density at radius 2 is 1.24 bits per heavy atom. The molecule has 12 rings (SSSR count). The van der Waals surface area contributed by atoms with Crippen LogP contribution >= 0.6 is 11.8 Å². The first-order chi connectivity index (χ1) is 30.7. The molecule has 5 heteroatoms. The van der Waals surface area contributed by atoms with Crippen LogP contribution in [0, 0.1) is 11.3 Å². The van der Waals surface area contributed by atoms with Crippen molar-refractivity contribution >= 4 is 29.5 Å². The fraction of sp³-hybridized carbons (Fsp3) is 0.0702. The van der Waals surface area contributed by atoms with Gasteiger partial charge in [-0.15, -0.1) is 0 Å². The van der Waals surface area contributed by atoms with Gasteiger partial charge in [0.2, 0.25) is 0 Å². The molecule has 0 saturated carbocycles. The van der Waals surface area contributed by atoms with Crippen molar-refractivity contribution in [2.75, 3.05) is 0 Å². The number of nitriles is 1. The van der Waals surface area contributed by atoms with E-state index in [9.17, 15) is 5.26 Å². The third-order valence-electron chi connectivity index (χ3n) is 12.9. The molecule has 8 aromatic rings. The van der Waals surface area contributed by atoms with Gasteiger partial charge in [-0.2, -0.15) is 5.26 Å². The predicted octanol–water partition coefficient (Wildman–Crippen LogP) is 13.2. The van der Waals surface area contributed by atoms with Crippen molar-refractivity contribution in [2.45, 2.75) is 34.2 Å². The Kier molecular flexibility index (Phi) is 8.55. The maximum atomic E-state index is 9.52. The van der Waals surface area contributed by atoms with Crippen molar-refractivity contribution in [3.8, 4) is 39.4 Å². The smallest absolute Gasteiger partial charge is 0.159 e. The van der Waals surface area contributed by atoms with Crippen molar-refractivity contribution in [3.05, 3.63) is 244 Å². The number of nitrogens with zero attached hydrogens (tertiary/aromatic N) is 3. The molecule has 4 aliphatic rings. The molecule has 1 N–H and O–H groups in total. The van der Waals surface area contributed by atoms with E-state index in [0.717, 1.165) is 40.9 Å². The van der Waals surface area contributed by atoms with E-state index in [1.165, 1.54) is 71.0 Å². The number of hydrogen-bond acceptors (Lipinski definition) is 5. The Morgan fingerprint density at radius 1 is 0.581 bits per heavy atom. The van der Waals surface area contributed by atoms with Gasteiger partial charge in [0.15, 0.2) is 5.84 Å². The number of benzene rings is 8. The van der Waals surface area contributed by atoms with Crippen LogP contribution in [0.25, 0.3) is 39.5 Å². The van der Waals surface area contributed by atoms with Gasteiger partial charge < -0.3 is 5.32 Å². The highest BCUT2D eigenvalue weighted by Gasteiger charge is 2.51. The number of nitrogens with one attached hydrogen (secondary N) is 1. The van der Waals surface area contributed by atoms with E-state index in [0.29, 0.717) is 11.4 Å². The van der Waals surface area contributed by atoms with Gasteiger partial charge in [0.1, 0.15) is 12.0 Å². The first-order valence-electron chi connectivity index (χ1n) is 21.2. The molecular weight excluding hydrogens is 773 g/mol. The molecule has 292 valence electrons. The van der Waals surface area contributed by atoms with Gasteiger partial charge in [-0.25, -0.2) is 9.98 Å². The second-order valence-corrected chi connectivity index (χ2v) is 17.3. The normalized spacial score (nSPS) is 16.1. The summed E-state index contributed by atoms with van der Waals surface area (Å²) in [4.78, 5) is 13.1. The fourth-order valence-corrected chi connectivity index (χ4v) is 11.4. The highest BCUT2D eigenvalue weighted by molar-refractivity contribution is 7.99. The zero-order chi connectivity index (χ0) is 41.2. The Balaban J connectivity index is 1.11. The second-order valence-electron chi connectivity index (χ2n) is 16.3. The molecular formula is C57H38N4S. The maximum Gasteiger partial charge on any atom is 0.159 e. The average Bonchev–Trinajstić information content (AvgIpc) is 3.64. The lowest BCUT2D eigenvalue weighted by atomic mass is 9.67. The van der Waals surface area contributed by atoms with Gasteiger partial charge in [-0.1, -0.05) is 176 Å². The van der Waals surface area contributed by atoms with E-state index in [2.05, 4.69) is 181 Å². The van der Waals surface area contributed by atoms with Crippen LogP contribution in [0.1, 0.15) is 68.2 Å². The summed E-state index contributed by atoms with van der Waals surface area (Å²) in [7, 11) is 0. The monoisotopic (exact) mass is 810 g/mol. The largest absolute Gasteiger partial charge is 0.344 e. The van der Waals surface area contributed by atoms with Gasteiger partial charge in [-0.3, -0.25) is 0 Å². The van der Waals surface area contributed by atoms with Gasteiger partial charge in [0, 0.05) is 20.9 Å². The molecule has 0 amide bonds. The third kappa shape index (κ3) is 5.61. The van der Waals surface area contributed by atoms with Gasteiger partial charge in [0.25, 0.3) is 0 Å². The molecule has 4 nitrogen and oxygen atoms in total. The van der Waals surface area contributed by atoms with Crippen LogP contribution in [0.2, 0.25) is 0 Å². The number of fused-ring (bicyclic) bond motifs is 10. The van der Waals surface area contributed by atoms with Crippen molar-refractivity contribution in [1.29, 1.82) is 5.26 Å². The molecule has 1 spiro atoms. The van der Waals surface area contributed by atoms with Gasteiger partial charge in [-0.05, 0) is 115 Å². The topological polar surface area (TPSA) is 60.5 Å². The lowest BCUT2D eigenvalue weighted by molar-refractivity contribution is 0.674. The minimum atomic E-state index is -0.592. The molecule has 2 aliphatic heterocycles. The molecule has 1 atom stereocenters. The molecule has 2 heterocycles. The van der Waals surface area contributed by atoms with E-state index in [-0.39, 0.29) is 6.17 Å². The minimum absolute atomic E-state index is 0.302. The van der Waals surface area contributed by atoms with Gasteiger partial charge >= 0.3 is 0 Å². The molecule has 0 radical (unpaired) electrons. The van der Waals surface area contributed by atoms with Crippen LogP contribution < -0.4 is 5.32 Å². The third-order valence-corrected chi connectivity index (χ3v) is 14.1. The predicted molar refractivity (Wildman–Crippen MR) is 253 cm³/mol. The molecule has 1 unspecified atom stereocenters. The Hall–Kier alpha value is -7.52. The first-order valence-corrected chi connectivity index (χ1v) is 22.0. The highest BCUT2D eigenvalue weighted by atomic mass is 32.2. The molecule has 2 aliphatic carbocycles. The van der Waals surface area contributed by atoms with Crippen LogP contribution in [0.4, 0.5) is 0 Å². The molecule has 0 bridgehead atoms. The molecule has 8 aromatic carbocycles. The maximum absolute atomic E-state index is 9.52. The van der Waals surface area contributed by atoms with Crippen molar-refractivity contribution < 1.29 is 0 Å². The van der Waals surface area contributed by atoms with Crippen LogP contribution in [0.15, 0.2) is 208 Å². The summed E-state index contributed by atoms with van der Waals surface area (Å²) in [6.07, 6.45) is 6.29. The van der Waals surface area contributed by atoms with Crippen molar-refractivity contribution in [2.24, 2.45) is 9.98 Å². The quantitative estimate of drug-likeness (QED) is 0.188. The summed E-state index contributed by atoms with van der Waals surface area (Å²) in [5, 5.41) is 13.2. The number of hydrogen-bond donors (Lipinski definition) is 1. The van der Waals surface area contributed by atoms with Crippen LogP contribution in [-0.2, 0) is 11.8 Å². The fourth-order valence-electron chi connectivity index (χ4n) is 10.2. The second kappa shape index (κ2) is 14.6. The van der Waals surface area contributed by atoms with E-state index in [4.69, 9.17) is 9.98 Å². The summed E-state index contributed by atoms with van der Waals surface area (Å²) in [6, 6.07) is 67.6. The number of rotatable bonds is 5. The van der Waals surface area contributed by atoms with E-state index in [1.807, 2.05) is 36.0 Å². The Labute approximate surface area is 365 Å². The summed E-state index contributed by atoms with van der Waals surface area (Å²) in [5.74, 6) is 1.51. The van der Waals surface area contributed by atoms with Crippen molar-refractivity contribution in [1.82, 2.24) is 5.32 Å². The minimum Gasteiger partial charge on any atom is -0.344 e. The summed E-state index contributed by atoms with van der Waals surface area (Å²) < 4.78 is 0. The number of allylic oxidation sites excluding steroid dienone is 1. The molecule has 0 saturated heterocycles. The zero-order valence-electron chi connectivity index (χ0n) is 33.7. The molecule has 62 heavy (non-hydrogen) atoms. The Bertz CT molecular complexity index is 3200. The summed E-state index contributed by atoms with van der Waals surface area (Å²) >= 11 is 1.86. The van der Waals surface area contributed by atoms with E-state index >= 15 is 0 Å². The van der Waals surface area contributed by atoms with E-state index in [1.54, 1.807) is 0 Å². The van der Waals surface area contributed by atoms with Crippen LogP contribution in [0.5, 0.6) is 0 Å². The number of amidine groups is 2. The first kappa shape index (κ1) is 36.3. The SMILES string of the molecule is N#Cc1ccc(-c2ccc(-c3cccc4c3-c3ccc(C5=NC(c6ccccc6)NC(c6ccccc6)=N5)cc3C43c4ccccc4Sc4ccccc43)c3c2CCC=C3)cc1. The standard InChI is InChI=1S/C57H38N4S/c58-35-36-26-28-37(29-27-36)41-32-33-44(43-19-8-7-18-42(41)43)45-20-13-23-49-53(45)46-31-30-40(34-50(46)57(49)47-21-9-11-24-51(47)62-52-25-12-10-22-48(52)57)56-60-54(38-14-3-1-4-15-38)59-55(61-56)39-16-5-2-6-17-39/h1-6,8-17,19-34,54H,7,18H2,(H,59,60,61).